The minimum atomic E-state index is -0.355. The molecule has 0 atom stereocenters. The van der Waals surface area contributed by atoms with E-state index in [0.29, 0.717) is 0 Å². The third-order valence-electron chi connectivity index (χ3n) is 1.92. The Labute approximate surface area is 87.7 Å². The lowest BCUT2D eigenvalue weighted by Gasteiger charge is -2.06. The molecule has 1 radical (unpaired) electrons. The topological polar surface area (TPSA) is 43.1 Å². The number of nitrogens with zero attached hydrogens (tertiary/aromatic N) is 1. The van der Waals surface area contributed by atoms with E-state index >= 15 is 0 Å². The van der Waals surface area contributed by atoms with Gasteiger partial charge in [-0.25, -0.2) is 0 Å². The van der Waals surface area contributed by atoms with Crippen LogP contribution in [0.5, 0.6) is 0 Å². The Morgan fingerprint density at radius 2 is 2.00 bits per heavy atom. The molecule has 0 spiro atoms. The van der Waals surface area contributed by atoms with Crippen molar-refractivity contribution in [1.29, 1.82) is 0 Å². The van der Waals surface area contributed by atoms with Crippen LogP contribution in [0.4, 0.5) is 5.69 Å². The molecule has 0 heterocycles. The van der Waals surface area contributed by atoms with E-state index < -0.39 is 0 Å². The van der Waals surface area contributed by atoms with Gasteiger partial charge in [0.15, 0.2) is 0 Å². The molecule has 0 N–H and O–H groups in total. The molecule has 0 bridgehead atoms. The van der Waals surface area contributed by atoms with Gasteiger partial charge in [0.25, 0.3) is 5.69 Å². The van der Waals surface area contributed by atoms with E-state index in [9.17, 15) is 10.1 Å². The van der Waals surface area contributed by atoms with E-state index in [4.69, 9.17) is 0 Å². The molecule has 0 unspecified atom stereocenters. The molecular weight excluding hydrogens is 198 g/mol. The number of thioether (sulfide) groups is 1. The van der Waals surface area contributed by atoms with Gasteiger partial charge in [-0.05, 0) is 23.8 Å². The lowest BCUT2D eigenvalue weighted by molar-refractivity contribution is -0.385. The van der Waals surface area contributed by atoms with Gasteiger partial charge in [0.1, 0.15) is 0 Å². The van der Waals surface area contributed by atoms with Crippen molar-refractivity contribution >= 4 is 17.4 Å². The second-order valence-corrected chi connectivity index (χ2v) is 4.06. The zero-order valence-electron chi connectivity index (χ0n) is 8.40. The van der Waals surface area contributed by atoms with Gasteiger partial charge in [-0.3, -0.25) is 10.1 Å². The minimum absolute atomic E-state index is 0.160. The number of rotatable bonds is 3. The van der Waals surface area contributed by atoms with Gasteiger partial charge in [0.05, 0.1) is 4.92 Å². The van der Waals surface area contributed by atoms with Gasteiger partial charge in [-0.2, -0.15) is 0 Å². The fraction of sp³-hybridized carbons (Fsp3) is 0.300. The Hall–Kier alpha value is -1.03. The van der Waals surface area contributed by atoms with Gasteiger partial charge < -0.3 is 0 Å². The molecule has 0 aliphatic carbocycles. The first-order valence-electron chi connectivity index (χ1n) is 4.18. The van der Waals surface area contributed by atoms with Gasteiger partial charge in [-0.1, -0.05) is 13.8 Å². The second-order valence-electron chi connectivity index (χ2n) is 3.18. The molecule has 3 nitrogen and oxygen atoms in total. The Morgan fingerprint density at radius 3 is 2.43 bits per heavy atom. The number of hydrogen-bond acceptors (Lipinski definition) is 3. The van der Waals surface area contributed by atoms with Gasteiger partial charge in [0.2, 0.25) is 0 Å². The van der Waals surface area contributed by atoms with Crippen molar-refractivity contribution in [2.75, 3.05) is 6.26 Å². The third-order valence-corrected chi connectivity index (χ3v) is 2.62. The maximum absolute atomic E-state index is 10.6. The highest BCUT2D eigenvalue weighted by atomic mass is 32.2. The molecule has 14 heavy (non-hydrogen) atoms. The highest BCUT2D eigenvalue weighted by Crippen LogP contribution is 2.26. The van der Waals surface area contributed by atoms with E-state index in [1.54, 1.807) is 12.1 Å². The van der Waals surface area contributed by atoms with Crippen molar-refractivity contribution in [3.05, 3.63) is 39.8 Å². The quantitative estimate of drug-likeness (QED) is 0.437. The number of non-ortho nitro benzene ring substituents is 1. The van der Waals surface area contributed by atoms with Crippen LogP contribution in [-0.2, 0) is 0 Å². The average Bonchev–Trinajstić information content (AvgIpc) is 2.16. The molecule has 0 saturated heterocycles. The smallest absolute Gasteiger partial charge is 0.258 e. The largest absolute Gasteiger partial charge is 0.270 e. The van der Waals surface area contributed by atoms with E-state index in [2.05, 4.69) is 0 Å². The molecule has 0 amide bonds. The van der Waals surface area contributed by atoms with Crippen LogP contribution in [0.25, 0.3) is 0 Å². The van der Waals surface area contributed by atoms with Crippen LogP contribution < -0.4 is 0 Å². The Balaban J connectivity index is 3.20. The molecule has 0 aliphatic heterocycles. The van der Waals surface area contributed by atoms with Crippen molar-refractivity contribution < 1.29 is 4.92 Å². The van der Waals surface area contributed by atoms with E-state index in [1.807, 2.05) is 26.2 Å². The van der Waals surface area contributed by atoms with E-state index in [1.165, 1.54) is 11.8 Å². The van der Waals surface area contributed by atoms with Crippen LogP contribution in [0.2, 0.25) is 0 Å². The molecule has 4 heteroatoms. The summed E-state index contributed by atoms with van der Waals surface area (Å²) in [5.74, 6) is 1.09. The van der Waals surface area contributed by atoms with Crippen LogP contribution in [0.15, 0.2) is 23.1 Å². The first kappa shape index (κ1) is 11.0. The monoisotopic (exact) mass is 210 g/mol. The summed E-state index contributed by atoms with van der Waals surface area (Å²) in [4.78, 5) is 11.2. The molecule has 1 aromatic carbocycles. The number of nitro benzene ring substituents is 1. The number of benzene rings is 1. The van der Waals surface area contributed by atoms with Crippen molar-refractivity contribution in [3.8, 4) is 0 Å². The fourth-order valence-corrected chi connectivity index (χ4v) is 1.58. The lowest BCUT2D eigenvalue weighted by Crippen LogP contribution is -1.93. The van der Waals surface area contributed by atoms with Crippen molar-refractivity contribution in [2.45, 2.75) is 18.7 Å². The maximum atomic E-state index is 10.6. The van der Waals surface area contributed by atoms with Crippen molar-refractivity contribution in [3.63, 3.8) is 0 Å². The second kappa shape index (κ2) is 4.46. The Morgan fingerprint density at radius 1 is 1.36 bits per heavy atom. The summed E-state index contributed by atoms with van der Waals surface area (Å²) in [5, 5.41) is 10.6. The summed E-state index contributed by atoms with van der Waals surface area (Å²) in [6.45, 7) is 3.90. The highest BCUT2D eigenvalue weighted by Gasteiger charge is 2.11. The molecule has 0 fully saturated rings. The van der Waals surface area contributed by atoms with Crippen LogP contribution in [0.3, 0.4) is 0 Å². The Kier molecular flexibility index (Phi) is 3.52. The summed E-state index contributed by atoms with van der Waals surface area (Å²) >= 11 is 1.51. The maximum Gasteiger partial charge on any atom is 0.270 e. The standard InChI is InChI=1S/C10H12NO2S/c1-7(2)8-4-9(11(12)13)6-10(5-8)14-3/h4-6H,1-3H3. The zero-order chi connectivity index (χ0) is 10.7. The minimum Gasteiger partial charge on any atom is -0.258 e. The third kappa shape index (κ3) is 2.48. The van der Waals surface area contributed by atoms with Gasteiger partial charge in [-0.15, -0.1) is 11.8 Å². The molecule has 75 valence electrons. The van der Waals surface area contributed by atoms with Gasteiger partial charge >= 0.3 is 0 Å². The van der Waals surface area contributed by atoms with Crippen LogP contribution in [0, 0.1) is 16.0 Å². The first-order valence-corrected chi connectivity index (χ1v) is 5.41. The highest BCUT2D eigenvalue weighted by molar-refractivity contribution is 7.98. The molecule has 1 aromatic rings. The van der Waals surface area contributed by atoms with Crippen LogP contribution in [0.1, 0.15) is 19.4 Å². The predicted octanol–water partition coefficient (Wildman–Crippen LogP) is 3.28. The van der Waals surface area contributed by atoms with Crippen LogP contribution in [-0.4, -0.2) is 11.2 Å². The SMILES string of the molecule is CSc1cc([C](C)C)cc([N+](=O)[O-])c1. The molecule has 0 aromatic heterocycles. The van der Waals surface area contributed by atoms with E-state index in [0.717, 1.165) is 16.4 Å². The number of nitro groups is 1. The summed E-state index contributed by atoms with van der Waals surface area (Å²) in [6, 6.07) is 5.17. The average molecular weight is 210 g/mol. The predicted molar refractivity (Wildman–Crippen MR) is 58.6 cm³/mol. The Bertz CT molecular complexity index is 350. The molecule has 1 rings (SSSR count). The van der Waals surface area contributed by atoms with Crippen molar-refractivity contribution in [1.82, 2.24) is 0 Å². The summed E-state index contributed by atoms with van der Waals surface area (Å²) in [7, 11) is 0. The molecule has 0 aliphatic rings. The summed E-state index contributed by atoms with van der Waals surface area (Å²) < 4.78 is 0. The fourth-order valence-electron chi connectivity index (χ4n) is 1.10. The first-order chi connectivity index (χ1) is 6.54. The summed E-state index contributed by atoms with van der Waals surface area (Å²) in [6.07, 6.45) is 1.91. The van der Waals surface area contributed by atoms with Crippen molar-refractivity contribution in [2.24, 2.45) is 0 Å². The number of hydrogen-bond donors (Lipinski definition) is 0. The molecular formula is C10H12NO2S. The summed E-state index contributed by atoms with van der Waals surface area (Å²) in [5.41, 5.74) is 1.09. The van der Waals surface area contributed by atoms with Crippen LogP contribution >= 0.6 is 11.8 Å². The molecule has 0 saturated carbocycles. The van der Waals surface area contributed by atoms with Gasteiger partial charge in [0, 0.05) is 17.0 Å². The normalized spacial score (nSPS) is 10.6. The zero-order valence-corrected chi connectivity index (χ0v) is 9.22. The van der Waals surface area contributed by atoms with E-state index in [-0.39, 0.29) is 10.6 Å². The lowest BCUT2D eigenvalue weighted by atomic mass is 10.0.